The van der Waals surface area contributed by atoms with E-state index < -0.39 is 0 Å². The Morgan fingerprint density at radius 2 is 0.882 bits per heavy atom. The second-order valence-corrected chi connectivity index (χ2v) is 12.9. The molecule has 0 radical (unpaired) electrons. The van der Waals surface area contributed by atoms with Gasteiger partial charge >= 0.3 is 0 Å². The van der Waals surface area contributed by atoms with Crippen LogP contribution in [-0.2, 0) is 0 Å². The standard InChI is InChI=1S/C47H30N4/c1-4-14-33(15-5-1)45-48-46(34-16-6-2-7-17-34)50-47(49-45)39-21-12-22-43-44(39)41-30-36(27-28-42(41)51(43)37-18-8-3-9-19-37)35-26-25-32-24-23-31-13-10-11-20-38(31)40(32)29-35/h1-30H. The van der Waals surface area contributed by atoms with Crippen molar-refractivity contribution < 1.29 is 0 Å². The van der Waals surface area contributed by atoms with Gasteiger partial charge in [0, 0.05) is 33.2 Å². The Kier molecular flexibility index (Phi) is 6.78. The summed E-state index contributed by atoms with van der Waals surface area (Å²) in [6.45, 7) is 0. The topological polar surface area (TPSA) is 43.6 Å². The first-order valence-corrected chi connectivity index (χ1v) is 17.2. The van der Waals surface area contributed by atoms with E-state index in [1.165, 1.54) is 27.1 Å². The third-order valence-corrected chi connectivity index (χ3v) is 9.82. The van der Waals surface area contributed by atoms with Crippen molar-refractivity contribution in [2.45, 2.75) is 0 Å². The van der Waals surface area contributed by atoms with Crippen molar-refractivity contribution in [3.63, 3.8) is 0 Å². The molecule has 0 aliphatic carbocycles. The minimum Gasteiger partial charge on any atom is -0.309 e. The van der Waals surface area contributed by atoms with Gasteiger partial charge in [-0.05, 0) is 69.1 Å². The molecule has 0 N–H and O–H groups in total. The molecule has 0 saturated heterocycles. The predicted molar refractivity (Wildman–Crippen MR) is 211 cm³/mol. The summed E-state index contributed by atoms with van der Waals surface area (Å²) in [5, 5.41) is 7.25. The summed E-state index contributed by atoms with van der Waals surface area (Å²) in [6, 6.07) is 64.0. The molecule has 0 aliphatic heterocycles. The number of hydrogen-bond donors (Lipinski definition) is 0. The Bertz CT molecular complexity index is 2840. The van der Waals surface area contributed by atoms with Gasteiger partial charge in [0.05, 0.1) is 11.0 Å². The van der Waals surface area contributed by atoms with Crippen LogP contribution in [0.4, 0.5) is 0 Å². The molecular weight excluding hydrogens is 621 g/mol. The van der Waals surface area contributed by atoms with Crippen molar-refractivity contribution in [2.75, 3.05) is 0 Å². The van der Waals surface area contributed by atoms with E-state index in [0.29, 0.717) is 17.5 Å². The van der Waals surface area contributed by atoms with Crippen molar-refractivity contribution in [1.82, 2.24) is 19.5 Å². The van der Waals surface area contributed by atoms with Gasteiger partial charge < -0.3 is 4.57 Å². The van der Waals surface area contributed by atoms with Gasteiger partial charge in [-0.15, -0.1) is 0 Å². The largest absolute Gasteiger partial charge is 0.309 e. The molecular formula is C47H30N4. The van der Waals surface area contributed by atoms with Gasteiger partial charge in [0.25, 0.3) is 0 Å². The predicted octanol–water partition coefficient (Wildman–Crippen LogP) is 11.9. The summed E-state index contributed by atoms with van der Waals surface area (Å²) in [4.78, 5) is 15.3. The summed E-state index contributed by atoms with van der Waals surface area (Å²) in [5.41, 5.74) is 8.52. The molecule has 10 rings (SSSR count). The van der Waals surface area contributed by atoms with Crippen LogP contribution in [0, 0.1) is 0 Å². The van der Waals surface area contributed by atoms with Crippen LogP contribution in [-0.4, -0.2) is 19.5 Å². The van der Waals surface area contributed by atoms with E-state index in [1.807, 2.05) is 36.4 Å². The summed E-state index contributed by atoms with van der Waals surface area (Å²) in [7, 11) is 0. The van der Waals surface area contributed by atoms with E-state index in [1.54, 1.807) is 0 Å². The average molecular weight is 651 g/mol. The fourth-order valence-corrected chi connectivity index (χ4v) is 7.40. The minimum absolute atomic E-state index is 0.642. The van der Waals surface area contributed by atoms with Crippen molar-refractivity contribution in [2.24, 2.45) is 0 Å². The maximum atomic E-state index is 5.15. The number of aromatic nitrogens is 4. The fraction of sp³-hybridized carbons (Fsp3) is 0. The molecule has 238 valence electrons. The number of benzene rings is 8. The first-order chi connectivity index (χ1) is 25.3. The van der Waals surface area contributed by atoms with Crippen LogP contribution in [0.2, 0.25) is 0 Å². The third kappa shape index (κ3) is 4.96. The minimum atomic E-state index is 0.642. The van der Waals surface area contributed by atoms with Crippen molar-refractivity contribution in [3.8, 4) is 51.0 Å². The molecule has 0 unspecified atom stereocenters. The first kappa shape index (κ1) is 29.0. The molecule has 51 heavy (non-hydrogen) atoms. The lowest BCUT2D eigenvalue weighted by molar-refractivity contribution is 1.08. The maximum Gasteiger partial charge on any atom is 0.164 e. The second kappa shape index (κ2) is 11.9. The van der Waals surface area contributed by atoms with Gasteiger partial charge in [0.15, 0.2) is 17.5 Å². The molecule has 0 atom stereocenters. The fourth-order valence-electron chi connectivity index (χ4n) is 7.40. The highest BCUT2D eigenvalue weighted by molar-refractivity contribution is 6.16. The summed E-state index contributed by atoms with van der Waals surface area (Å²) >= 11 is 0. The van der Waals surface area contributed by atoms with Crippen LogP contribution < -0.4 is 0 Å². The quantitative estimate of drug-likeness (QED) is 0.174. The van der Waals surface area contributed by atoms with E-state index >= 15 is 0 Å². The van der Waals surface area contributed by atoms with E-state index in [0.717, 1.165) is 49.7 Å². The van der Waals surface area contributed by atoms with E-state index in [2.05, 4.69) is 150 Å². The van der Waals surface area contributed by atoms with E-state index in [-0.39, 0.29) is 0 Å². The molecule has 10 aromatic rings. The second-order valence-electron chi connectivity index (χ2n) is 12.9. The SMILES string of the molecule is c1ccc(-c2nc(-c3ccccc3)nc(-c3cccc4c3c3cc(-c5ccc6ccc7ccccc7c6c5)ccc3n4-c3ccccc3)n2)cc1. The Morgan fingerprint density at radius 3 is 1.59 bits per heavy atom. The molecule has 4 heteroatoms. The molecule has 0 amide bonds. The monoisotopic (exact) mass is 650 g/mol. The molecule has 8 aromatic carbocycles. The van der Waals surface area contributed by atoms with Crippen LogP contribution >= 0.6 is 0 Å². The van der Waals surface area contributed by atoms with E-state index in [4.69, 9.17) is 15.0 Å². The molecule has 4 nitrogen and oxygen atoms in total. The summed E-state index contributed by atoms with van der Waals surface area (Å²) in [6.07, 6.45) is 0. The normalized spacial score (nSPS) is 11.5. The zero-order valence-corrected chi connectivity index (χ0v) is 27.6. The molecule has 0 fully saturated rings. The smallest absolute Gasteiger partial charge is 0.164 e. The molecule has 0 saturated carbocycles. The van der Waals surface area contributed by atoms with Crippen molar-refractivity contribution in [1.29, 1.82) is 0 Å². The van der Waals surface area contributed by atoms with Gasteiger partial charge in [-0.3, -0.25) is 0 Å². The molecule has 2 heterocycles. The molecule has 0 spiro atoms. The highest BCUT2D eigenvalue weighted by atomic mass is 15.0. The van der Waals surface area contributed by atoms with Gasteiger partial charge in [-0.2, -0.15) is 0 Å². The van der Waals surface area contributed by atoms with Crippen LogP contribution in [0.15, 0.2) is 182 Å². The highest BCUT2D eigenvalue weighted by Crippen LogP contribution is 2.40. The first-order valence-electron chi connectivity index (χ1n) is 17.2. The molecule has 0 bridgehead atoms. The number of nitrogens with zero attached hydrogens (tertiary/aromatic N) is 4. The Morgan fingerprint density at radius 1 is 0.333 bits per heavy atom. The number of rotatable bonds is 5. The van der Waals surface area contributed by atoms with Gasteiger partial charge in [-0.1, -0.05) is 146 Å². The highest BCUT2D eigenvalue weighted by Gasteiger charge is 2.20. The van der Waals surface area contributed by atoms with Crippen LogP contribution in [0.1, 0.15) is 0 Å². The van der Waals surface area contributed by atoms with Crippen LogP contribution in [0.3, 0.4) is 0 Å². The summed E-state index contributed by atoms with van der Waals surface area (Å²) in [5.74, 6) is 1.93. The molecule has 0 aliphatic rings. The maximum absolute atomic E-state index is 5.15. The Hall–Kier alpha value is -6.91. The van der Waals surface area contributed by atoms with Crippen LogP contribution in [0.5, 0.6) is 0 Å². The van der Waals surface area contributed by atoms with Crippen molar-refractivity contribution in [3.05, 3.63) is 182 Å². The number of fused-ring (bicyclic) bond motifs is 6. The van der Waals surface area contributed by atoms with Crippen molar-refractivity contribution >= 4 is 43.4 Å². The number of para-hydroxylation sites is 1. The number of hydrogen-bond acceptors (Lipinski definition) is 3. The average Bonchev–Trinajstić information content (AvgIpc) is 3.55. The lowest BCUT2D eigenvalue weighted by Crippen LogP contribution is -2.00. The van der Waals surface area contributed by atoms with Gasteiger partial charge in [0.2, 0.25) is 0 Å². The van der Waals surface area contributed by atoms with Crippen LogP contribution in [0.25, 0.3) is 94.3 Å². The third-order valence-electron chi connectivity index (χ3n) is 9.82. The molecule has 2 aromatic heterocycles. The zero-order valence-electron chi connectivity index (χ0n) is 27.6. The summed E-state index contributed by atoms with van der Waals surface area (Å²) < 4.78 is 2.35. The Labute approximate surface area is 295 Å². The lowest BCUT2D eigenvalue weighted by atomic mass is 9.96. The van der Waals surface area contributed by atoms with Gasteiger partial charge in [0.1, 0.15) is 0 Å². The van der Waals surface area contributed by atoms with E-state index in [9.17, 15) is 0 Å². The van der Waals surface area contributed by atoms with Gasteiger partial charge in [-0.25, -0.2) is 15.0 Å². The Balaban J connectivity index is 1.25. The zero-order chi connectivity index (χ0) is 33.7. The lowest BCUT2D eigenvalue weighted by Gasteiger charge is -2.10.